The SMILES string of the molecule is CC1OB(c2ccccc2)ON(C2CCCCC2)C1(C)c1ccccc1. The smallest absolute Gasteiger partial charge is 0.402 e. The Bertz CT molecular complexity index is 705. The topological polar surface area (TPSA) is 21.7 Å². The van der Waals surface area contributed by atoms with Gasteiger partial charge >= 0.3 is 7.12 Å². The first kappa shape index (κ1) is 17.8. The molecule has 1 aliphatic carbocycles. The van der Waals surface area contributed by atoms with Gasteiger partial charge in [-0.2, -0.15) is 5.06 Å². The maximum absolute atomic E-state index is 6.56. The lowest BCUT2D eigenvalue weighted by Gasteiger charge is -2.53. The molecule has 1 aliphatic heterocycles. The van der Waals surface area contributed by atoms with Crippen LogP contribution in [0.5, 0.6) is 0 Å². The molecule has 136 valence electrons. The van der Waals surface area contributed by atoms with Crippen molar-refractivity contribution < 1.29 is 9.41 Å². The van der Waals surface area contributed by atoms with Gasteiger partial charge in [-0.05, 0) is 37.7 Å². The molecule has 1 saturated carbocycles. The fourth-order valence-electron chi connectivity index (χ4n) is 4.40. The third-order valence-corrected chi connectivity index (χ3v) is 6.12. The summed E-state index contributed by atoms with van der Waals surface area (Å²) in [5.41, 5.74) is 2.04. The monoisotopic (exact) mass is 349 g/mol. The summed E-state index contributed by atoms with van der Waals surface area (Å²) in [5, 5.41) is 2.29. The molecule has 3 nitrogen and oxygen atoms in total. The van der Waals surface area contributed by atoms with Crippen molar-refractivity contribution in [2.75, 3.05) is 0 Å². The average molecular weight is 349 g/mol. The zero-order valence-electron chi connectivity index (χ0n) is 15.8. The van der Waals surface area contributed by atoms with E-state index in [9.17, 15) is 0 Å². The van der Waals surface area contributed by atoms with Gasteiger partial charge in [-0.1, -0.05) is 79.9 Å². The highest BCUT2D eigenvalue weighted by Crippen LogP contribution is 2.41. The van der Waals surface area contributed by atoms with Crippen LogP contribution in [0.3, 0.4) is 0 Å². The van der Waals surface area contributed by atoms with Gasteiger partial charge in [0.1, 0.15) is 0 Å². The first-order valence-electron chi connectivity index (χ1n) is 9.91. The normalized spacial score (nSPS) is 28.2. The van der Waals surface area contributed by atoms with Gasteiger partial charge in [-0.15, -0.1) is 0 Å². The zero-order valence-corrected chi connectivity index (χ0v) is 15.8. The van der Waals surface area contributed by atoms with Crippen LogP contribution in [-0.2, 0) is 14.9 Å². The second kappa shape index (κ2) is 7.55. The van der Waals surface area contributed by atoms with Crippen LogP contribution < -0.4 is 5.46 Å². The summed E-state index contributed by atoms with van der Waals surface area (Å²) >= 11 is 0. The summed E-state index contributed by atoms with van der Waals surface area (Å²) in [6.07, 6.45) is 6.29. The van der Waals surface area contributed by atoms with Crippen molar-refractivity contribution in [2.24, 2.45) is 0 Å². The summed E-state index contributed by atoms with van der Waals surface area (Å²) in [7, 11) is -0.343. The summed E-state index contributed by atoms with van der Waals surface area (Å²) in [6, 6.07) is 21.4. The number of rotatable bonds is 3. The molecule has 4 rings (SSSR count). The second-order valence-electron chi connectivity index (χ2n) is 7.76. The molecule has 2 aromatic carbocycles. The molecule has 1 heterocycles. The van der Waals surface area contributed by atoms with Crippen molar-refractivity contribution in [1.82, 2.24) is 5.06 Å². The summed E-state index contributed by atoms with van der Waals surface area (Å²) < 4.78 is 13.0. The molecule has 0 aromatic heterocycles. The molecule has 2 aliphatic rings. The Morgan fingerprint density at radius 2 is 1.54 bits per heavy atom. The summed E-state index contributed by atoms with van der Waals surface area (Å²) in [6.45, 7) is 4.45. The molecule has 26 heavy (non-hydrogen) atoms. The van der Waals surface area contributed by atoms with Crippen LogP contribution in [0.2, 0.25) is 0 Å². The van der Waals surface area contributed by atoms with Gasteiger partial charge in [-0.25, -0.2) is 0 Å². The molecule has 2 atom stereocenters. The Morgan fingerprint density at radius 1 is 0.923 bits per heavy atom. The van der Waals surface area contributed by atoms with Crippen LogP contribution in [0.25, 0.3) is 0 Å². The van der Waals surface area contributed by atoms with E-state index in [1.54, 1.807) is 0 Å². The van der Waals surface area contributed by atoms with E-state index in [4.69, 9.17) is 9.41 Å². The van der Waals surface area contributed by atoms with Crippen LogP contribution in [0, 0.1) is 0 Å². The molecule has 0 bridgehead atoms. The molecule has 4 heteroatoms. The minimum Gasteiger partial charge on any atom is -0.402 e. The van der Waals surface area contributed by atoms with Crippen LogP contribution >= 0.6 is 0 Å². The molecular weight excluding hydrogens is 321 g/mol. The van der Waals surface area contributed by atoms with Crippen LogP contribution in [-0.4, -0.2) is 24.3 Å². The van der Waals surface area contributed by atoms with Crippen LogP contribution in [0.4, 0.5) is 0 Å². The highest BCUT2D eigenvalue weighted by Gasteiger charge is 2.51. The molecule has 2 fully saturated rings. The van der Waals surface area contributed by atoms with Crippen molar-refractivity contribution in [2.45, 2.75) is 63.6 Å². The average Bonchev–Trinajstić information content (AvgIpc) is 2.72. The van der Waals surface area contributed by atoms with E-state index in [1.165, 1.54) is 37.7 Å². The number of hydrogen-bond donors (Lipinski definition) is 0. The number of nitrogens with zero attached hydrogens (tertiary/aromatic N) is 1. The third kappa shape index (κ3) is 3.22. The maximum atomic E-state index is 6.56. The van der Waals surface area contributed by atoms with E-state index in [2.05, 4.69) is 61.4 Å². The Kier molecular flexibility index (Phi) is 5.17. The standard InChI is InChI=1S/C22H28BNO2/c1-18-22(2,19-12-6-3-7-13-19)24(21-16-10-5-11-17-21)26-23(25-18)20-14-8-4-9-15-20/h3-4,6-9,12-15,18,21H,5,10-11,16-17H2,1-2H3. The predicted octanol–water partition coefficient (Wildman–Crippen LogP) is 4.28. The highest BCUT2D eigenvalue weighted by atomic mass is 16.7. The third-order valence-electron chi connectivity index (χ3n) is 6.12. The lowest BCUT2D eigenvalue weighted by atomic mass is 9.74. The van der Waals surface area contributed by atoms with Crippen molar-refractivity contribution in [3.05, 3.63) is 66.2 Å². The first-order valence-corrected chi connectivity index (χ1v) is 9.91. The van der Waals surface area contributed by atoms with Gasteiger partial charge in [0.15, 0.2) is 0 Å². The number of hydroxylamine groups is 2. The van der Waals surface area contributed by atoms with E-state index in [1.807, 2.05) is 18.2 Å². The minimum atomic E-state index is -0.343. The number of benzene rings is 2. The molecule has 0 amide bonds. The van der Waals surface area contributed by atoms with Crippen LogP contribution in [0.15, 0.2) is 60.7 Å². The Balaban J connectivity index is 1.70. The van der Waals surface area contributed by atoms with Gasteiger partial charge in [0, 0.05) is 6.04 Å². The lowest BCUT2D eigenvalue weighted by Crippen LogP contribution is -2.65. The fourth-order valence-corrected chi connectivity index (χ4v) is 4.40. The second-order valence-corrected chi connectivity index (χ2v) is 7.76. The van der Waals surface area contributed by atoms with Gasteiger partial charge in [0.25, 0.3) is 0 Å². The molecule has 0 spiro atoms. The van der Waals surface area contributed by atoms with Gasteiger partial charge in [-0.3, -0.25) is 0 Å². The molecule has 2 unspecified atom stereocenters. The fraction of sp³-hybridized carbons (Fsp3) is 0.455. The molecule has 1 saturated heterocycles. The Hall–Kier alpha value is -1.62. The van der Waals surface area contributed by atoms with E-state index in [0.717, 1.165) is 5.46 Å². The maximum Gasteiger partial charge on any atom is 0.511 e. The quantitative estimate of drug-likeness (QED) is 0.772. The minimum absolute atomic E-state index is 0.0192. The van der Waals surface area contributed by atoms with Crippen molar-refractivity contribution in [3.63, 3.8) is 0 Å². The van der Waals surface area contributed by atoms with Crippen molar-refractivity contribution in [3.8, 4) is 0 Å². The van der Waals surface area contributed by atoms with Crippen LogP contribution in [0.1, 0.15) is 51.5 Å². The van der Waals surface area contributed by atoms with E-state index >= 15 is 0 Å². The molecular formula is C22H28BNO2. The summed E-state index contributed by atoms with van der Waals surface area (Å²) in [5.74, 6) is 0. The van der Waals surface area contributed by atoms with E-state index < -0.39 is 0 Å². The van der Waals surface area contributed by atoms with E-state index in [0.29, 0.717) is 6.04 Å². The first-order chi connectivity index (χ1) is 12.7. The van der Waals surface area contributed by atoms with Gasteiger partial charge < -0.3 is 9.41 Å². The molecule has 0 radical (unpaired) electrons. The lowest BCUT2D eigenvalue weighted by molar-refractivity contribution is -0.251. The number of hydrogen-bond acceptors (Lipinski definition) is 3. The van der Waals surface area contributed by atoms with Gasteiger partial charge in [0.2, 0.25) is 0 Å². The molecule has 0 N–H and O–H groups in total. The van der Waals surface area contributed by atoms with Gasteiger partial charge in [0.05, 0.1) is 11.6 Å². The van der Waals surface area contributed by atoms with Crippen molar-refractivity contribution >= 4 is 12.6 Å². The zero-order chi connectivity index (χ0) is 18.0. The Labute approximate surface area is 157 Å². The highest BCUT2D eigenvalue weighted by molar-refractivity contribution is 6.61. The van der Waals surface area contributed by atoms with E-state index in [-0.39, 0.29) is 18.8 Å². The predicted molar refractivity (Wildman–Crippen MR) is 106 cm³/mol. The largest absolute Gasteiger partial charge is 0.511 e. The van der Waals surface area contributed by atoms with Crippen molar-refractivity contribution in [1.29, 1.82) is 0 Å². The Morgan fingerprint density at radius 3 is 2.19 bits per heavy atom. The molecule has 2 aromatic rings. The summed E-state index contributed by atoms with van der Waals surface area (Å²) in [4.78, 5) is 0.